The van der Waals surface area contributed by atoms with Crippen molar-refractivity contribution in [1.29, 1.82) is 5.26 Å². The maximum atomic E-state index is 13.5. The number of ether oxygens (including phenoxy) is 2. The van der Waals surface area contributed by atoms with Gasteiger partial charge in [0.1, 0.15) is 11.9 Å². The standard InChI is InChI=1S/C18H21FN2O3/c1-11-3-6-16-15(8-17(24-16)18(22)23-2)21(11)10-12-4-5-14(19)13(7-12)9-20/h4-5,7,11,15-17H,3,6,8,10H2,1-2H3. The average Bonchev–Trinajstić information content (AvgIpc) is 3.02. The first-order valence-corrected chi connectivity index (χ1v) is 8.21. The Balaban J connectivity index is 1.78. The van der Waals surface area contributed by atoms with Crippen LogP contribution in [0.4, 0.5) is 4.39 Å². The molecule has 0 aliphatic carbocycles. The van der Waals surface area contributed by atoms with Crippen molar-refractivity contribution >= 4 is 5.97 Å². The number of carbonyl (C=O) groups is 1. The zero-order chi connectivity index (χ0) is 17.3. The number of benzene rings is 1. The van der Waals surface area contributed by atoms with Crippen LogP contribution in [0, 0.1) is 17.1 Å². The minimum absolute atomic E-state index is 0.0150. The van der Waals surface area contributed by atoms with Gasteiger partial charge in [-0.1, -0.05) is 6.07 Å². The van der Waals surface area contributed by atoms with Crippen molar-refractivity contribution in [3.63, 3.8) is 0 Å². The van der Waals surface area contributed by atoms with Crippen molar-refractivity contribution < 1.29 is 18.7 Å². The molecule has 0 spiro atoms. The molecule has 1 aromatic carbocycles. The quantitative estimate of drug-likeness (QED) is 0.795. The van der Waals surface area contributed by atoms with Crippen LogP contribution in [0.3, 0.4) is 0 Å². The Morgan fingerprint density at radius 1 is 1.50 bits per heavy atom. The summed E-state index contributed by atoms with van der Waals surface area (Å²) < 4.78 is 24.2. The fourth-order valence-electron chi connectivity index (χ4n) is 3.76. The molecule has 0 amide bonds. The zero-order valence-corrected chi connectivity index (χ0v) is 13.9. The first kappa shape index (κ1) is 16.9. The van der Waals surface area contributed by atoms with E-state index in [1.807, 2.05) is 6.07 Å². The van der Waals surface area contributed by atoms with Gasteiger partial charge >= 0.3 is 5.97 Å². The summed E-state index contributed by atoms with van der Waals surface area (Å²) >= 11 is 0. The molecule has 2 aliphatic heterocycles. The molecule has 0 saturated carbocycles. The third-order valence-electron chi connectivity index (χ3n) is 5.07. The molecule has 5 nitrogen and oxygen atoms in total. The highest BCUT2D eigenvalue weighted by molar-refractivity contribution is 5.75. The third-order valence-corrected chi connectivity index (χ3v) is 5.07. The van der Waals surface area contributed by atoms with Crippen LogP contribution in [-0.2, 0) is 20.8 Å². The van der Waals surface area contributed by atoms with Crippen molar-refractivity contribution in [2.45, 2.75) is 57.0 Å². The van der Waals surface area contributed by atoms with E-state index in [4.69, 9.17) is 14.7 Å². The number of rotatable bonds is 3. The highest BCUT2D eigenvalue weighted by Crippen LogP contribution is 2.36. The van der Waals surface area contributed by atoms with Crippen LogP contribution in [0.25, 0.3) is 0 Å². The molecule has 128 valence electrons. The van der Waals surface area contributed by atoms with Crippen molar-refractivity contribution in [1.82, 2.24) is 4.90 Å². The number of esters is 1. The monoisotopic (exact) mass is 332 g/mol. The summed E-state index contributed by atoms with van der Waals surface area (Å²) in [5.41, 5.74) is 0.950. The molecular formula is C18H21FN2O3. The summed E-state index contributed by atoms with van der Waals surface area (Å²) in [6.07, 6.45) is 2.00. The largest absolute Gasteiger partial charge is 0.467 e. The summed E-state index contributed by atoms with van der Waals surface area (Å²) in [5.74, 6) is -0.827. The van der Waals surface area contributed by atoms with Gasteiger partial charge in [0.05, 0.1) is 18.8 Å². The Morgan fingerprint density at radius 2 is 2.29 bits per heavy atom. The minimum Gasteiger partial charge on any atom is -0.467 e. The number of halogens is 1. The van der Waals surface area contributed by atoms with E-state index in [1.54, 1.807) is 12.1 Å². The number of hydrogen-bond acceptors (Lipinski definition) is 5. The van der Waals surface area contributed by atoms with Crippen LogP contribution in [0.1, 0.15) is 37.3 Å². The van der Waals surface area contributed by atoms with Gasteiger partial charge < -0.3 is 9.47 Å². The number of piperidine rings is 1. The van der Waals surface area contributed by atoms with Crippen LogP contribution < -0.4 is 0 Å². The van der Waals surface area contributed by atoms with Gasteiger partial charge in [0.2, 0.25) is 0 Å². The number of hydrogen-bond donors (Lipinski definition) is 0. The van der Waals surface area contributed by atoms with Gasteiger partial charge in [-0.3, -0.25) is 4.90 Å². The maximum Gasteiger partial charge on any atom is 0.335 e. The second kappa shape index (κ2) is 6.88. The van der Waals surface area contributed by atoms with Crippen molar-refractivity contribution in [2.24, 2.45) is 0 Å². The number of methoxy groups -OCH3 is 1. The van der Waals surface area contributed by atoms with Crippen LogP contribution in [-0.4, -0.2) is 42.3 Å². The molecule has 0 N–H and O–H groups in total. The molecule has 4 atom stereocenters. The Morgan fingerprint density at radius 3 is 3.00 bits per heavy atom. The molecule has 1 aromatic rings. The summed E-state index contributed by atoms with van der Waals surface area (Å²) in [6, 6.07) is 6.99. The number of nitrogens with zero attached hydrogens (tertiary/aromatic N) is 2. The molecule has 2 saturated heterocycles. The predicted molar refractivity (Wildman–Crippen MR) is 84.4 cm³/mol. The van der Waals surface area contributed by atoms with Gasteiger partial charge in [0.25, 0.3) is 0 Å². The average molecular weight is 332 g/mol. The number of fused-ring (bicyclic) bond motifs is 1. The topological polar surface area (TPSA) is 62.6 Å². The third kappa shape index (κ3) is 3.14. The molecule has 0 aromatic heterocycles. The Labute approximate surface area is 141 Å². The van der Waals surface area contributed by atoms with E-state index in [9.17, 15) is 9.18 Å². The number of carbonyl (C=O) groups excluding carboxylic acids is 1. The highest BCUT2D eigenvalue weighted by atomic mass is 19.1. The fraction of sp³-hybridized carbons (Fsp3) is 0.556. The van der Waals surface area contributed by atoms with E-state index in [0.717, 1.165) is 18.4 Å². The van der Waals surface area contributed by atoms with Crippen molar-refractivity contribution in [3.05, 3.63) is 35.1 Å². The molecule has 6 heteroatoms. The smallest absolute Gasteiger partial charge is 0.335 e. The van der Waals surface area contributed by atoms with E-state index in [1.165, 1.54) is 13.2 Å². The second-order valence-electron chi connectivity index (χ2n) is 6.51. The van der Waals surface area contributed by atoms with E-state index in [0.29, 0.717) is 19.0 Å². The first-order valence-electron chi connectivity index (χ1n) is 8.21. The summed E-state index contributed by atoms with van der Waals surface area (Å²) in [7, 11) is 1.37. The molecule has 3 rings (SSSR count). The molecule has 24 heavy (non-hydrogen) atoms. The lowest BCUT2D eigenvalue weighted by molar-refractivity contribution is -0.153. The van der Waals surface area contributed by atoms with Crippen LogP contribution in [0.2, 0.25) is 0 Å². The molecule has 2 fully saturated rings. The minimum atomic E-state index is -0.513. The van der Waals surface area contributed by atoms with Crippen molar-refractivity contribution in [3.8, 4) is 6.07 Å². The van der Waals surface area contributed by atoms with Gasteiger partial charge in [-0.05, 0) is 37.5 Å². The molecule has 0 bridgehead atoms. The lowest BCUT2D eigenvalue weighted by Crippen LogP contribution is -2.49. The maximum absolute atomic E-state index is 13.5. The summed E-state index contributed by atoms with van der Waals surface area (Å²) in [4.78, 5) is 14.1. The number of likely N-dealkylation sites (tertiary alicyclic amines) is 1. The normalized spacial score (nSPS) is 29.8. The lowest BCUT2D eigenvalue weighted by Gasteiger charge is -2.41. The Kier molecular flexibility index (Phi) is 4.83. The fourth-order valence-corrected chi connectivity index (χ4v) is 3.76. The second-order valence-corrected chi connectivity index (χ2v) is 6.51. The SMILES string of the molecule is COC(=O)C1CC2C(CCC(C)N2Cc2ccc(F)c(C#N)c2)O1. The molecule has 4 unspecified atom stereocenters. The van der Waals surface area contributed by atoms with Gasteiger partial charge in [0.15, 0.2) is 6.10 Å². The van der Waals surface area contributed by atoms with Crippen LogP contribution >= 0.6 is 0 Å². The predicted octanol–water partition coefficient (Wildman–Crippen LogP) is 2.38. The number of nitriles is 1. The Hall–Kier alpha value is -1.97. The van der Waals surface area contributed by atoms with E-state index < -0.39 is 11.9 Å². The molecule has 2 aliphatic rings. The van der Waals surface area contributed by atoms with E-state index in [2.05, 4.69) is 11.8 Å². The van der Waals surface area contributed by atoms with Crippen LogP contribution in [0.15, 0.2) is 18.2 Å². The van der Waals surface area contributed by atoms with Crippen molar-refractivity contribution in [2.75, 3.05) is 7.11 Å². The first-order chi connectivity index (χ1) is 11.5. The molecule has 0 radical (unpaired) electrons. The lowest BCUT2D eigenvalue weighted by atomic mass is 9.92. The molecule has 2 heterocycles. The van der Waals surface area contributed by atoms with E-state index >= 15 is 0 Å². The molecular weight excluding hydrogens is 311 g/mol. The van der Waals surface area contributed by atoms with Gasteiger partial charge in [0, 0.05) is 25.0 Å². The van der Waals surface area contributed by atoms with E-state index in [-0.39, 0.29) is 23.7 Å². The van der Waals surface area contributed by atoms with Gasteiger partial charge in [-0.2, -0.15) is 5.26 Å². The summed E-state index contributed by atoms with van der Waals surface area (Å²) in [5, 5.41) is 9.00. The zero-order valence-electron chi connectivity index (χ0n) is 13.9. The Bertz CT molecular complexity index is 673. The summed E-state index contributed by atoms with van der Waals surface area (Å²) in [6.45, 7) is 2.75. The van der Waals surface area contributed by atoms with Gasteiger partial charge in [-0.25, -0.2) is 9.18 Å². The highest BCUT2D eigenvalue weighted by Gasteiger charge is 2.45. The van der Waals surface area contributed by atoms with Gasteiger partial charge in [-0.15, -0.1) is 0 Å². The van der Waals surface area contributed by atoms with Crippen LogP contribution in [0.5, 0.6) is 0 Å².